The van der Waals surface area contributed by atoms with Crippen molar-refractivity contribution in [2.24, 2.45) is 7.05 Å². The van der Waals surface area contributed by atoms with Gasteiger partial charge in [-0.15, -0.1) is 0 Å². The predicted octanol–water partition coefficient (Wildman–Crippen LogP) is 1.49. The highest BCUT2D eigenvalue weighted by Gasteiger charge is 2.18. The van der Waals surface area contributed by atoms with Crippen molar-refractivity contribution >= 4 is 26.5 Å². The zero-order chi connectivity index (χ0) is 14.0. The maximum Gasteiger partial charge on any atom is 0.352 e. The first kappa shape index (κ1) is 14.0. The molecular formula is C12H16N3O2S2+. The summed E-state index contributed by atoms with van der Waals surface area (Å²) in [4.78, 5) is 2.61. The van der Waals surface area contributed by atoms with Gasteiger partial charge in [0.25, 0.3) is 10.0 Å². The highest BCUT2D eigenvalue weighted by molar-refractivity contribution is 7.89. The number of hydrazine groups is 1. The molecule has 0 fully saturated rings. The number of aryl methyl sites for hydroxylation is 2. The van der Waals surface area contributed by atoms with Crippen molar-refractivity contribution in [3.8, 4) is 0 Å². The van der Waals surface area contributed by atoms with E-state index in [1.165, 1.54) is 11.3 Å². The minimum absolute atomic E-state index is 0.238. The van der Waals surface area contributed by atoms with E-state index < -0.39 is 10.0 Å². The van der Waals surface area contributed by atoms with Gasteiger partial charge < -0.3 is 0 Å². The molecule has 0 saturated carbocycles. The minimum Gasteiger partial charge on any atom is -0.223 e. The first-order valence-electron chi connectivity index (χ1n) is 5.69. The van der Waals surface area contributed by atoms with Gasteiger partial charge in [0.2, 0.25) is 0 Å². The summed E-state index contributed by atoms with van der Waals surface area (Å²) in [5, 5.41) is 2.68. The molecule has 5 nitrogen and oxygen atoms in total. The van der Waals surface area contributed by atoms with Crippen LogP contribution in [0.1, 0.15) is 11.3 Å². The molecule has 0 aliphatic rings. The van der Waals surface area contributed by atoms with E-state index in [4.69, 9.17) is 0 Å². The van der Waals surface area contributed by atoms with E-state index in [1.807, 2.05) is 30.8 Å². The van der Waals surface area contributed by atoms with Crippen LogP contribution < -0.4 is 14.8 Å². The fraction of sp³-hybridized carbons (Fsp3) is 0.250. The van der Waals surface area contributed by atoms with Crippen LogP contribution in [0.2, 0.25) is 0 Å². The van der Waals surface area contributed by atoms with Gasteiger partial charge in [-0.3, -0.25) is 0 Å². The highest BCUT2D eigenvalue weighted by atomic mass is 32.2. The third-order valence-corrected chi connectivity index (χ3v) is 5.12. The molecule has 2 N–H and O–H groups in total. The molecule has 102 valence electrons. The molecule has 19 heavy (non-hydrogen) atoms. The van der Waals surface area contributed by atoms with E-state index in [-0.39, 0.29) is 4.90 Å². The van der Waals surface area contributed by atoms with Gasteiger partial charge in [-0.2, -0.15) is 5.43 Å². The molecular weight excluding hydrogens is 282 g/mol. The van der Waals surface area contributed by atoms with Crippen LogP contribution in [0.4, 0.5) is 5.13 Å². The predicted molar refractivity (Wildman–Crippen MR) is 75.4 cm³/mol. The fourth-order valence-electron chi connectivity index (χ4n) is 1.46. The Kier molecular flexibility index (Phi) is 3.88. The SMILES string of the molecule is Cc1ccc(S(=O)(=O)NNc2scc(C)[n+]2C)cc1. The molecule has 0 unspecified atom stereocenters. The minimum atomic E-state index is -3.55. The first-order chi connectivity index (χ1) is 8.90. The van der Waals surface area contributed by atoms with E-state index in [1.54, 1.807) is 24.3 Å². The Labute approximate surface area is 116 Å². The summed E-state index contributed by atoms with van der Waals surface area (Å²) in [6.45, 7) is 3.87. The number of anilines is 1. The topological polar surface area (TPSA) is 62.1 Å². The van der Waals surface area contributed by atoms with Crippen LogP contribution >= 0.6 is 11.3 Å². The molecule has 0 spiro atoms. The Hall–Kier alpha value is -1.44. The summed E-state index contributed by atoms with van der Waals surface area (Å²) in [6.07, 6.45) is 0. The second kappa shape index (κ2) is 5.28. The zero-order valence-electron chi connectivity index (χ0n) is 11.0. The van der Waals surface area contributed by atoms with Crippen molar-refractivity contribution in [2.45, 2.75) is 18.7 Å². The maximum atomic E-state index is 12.1. The molecule has 0 radical (unpaired) electrons. The molecule has 0 amide bonds. The molecule has 2 rings (SSSR count). The summed E-state index contributed by atoms with van der Waals surface area (Å²) in [6, 6.07) is 6.70. The molecule has 1 aromatic heterocycles. The van der Waals surface area contributed by atoms with Crippen molar-refractivity contribution in [3.05, 3.63) is 40.9 Å². The number of nitrogens with zero attached hydrogens (tertiary/aromatic N) is 1. The molecule has 0 saturated heterocycles. The van der Waals surface area contributed by atoms with E-state index in [0.717, 1.165) is 16.4 Å². The number of sulfonamides is 1. The average molecular weight is 298 g/mol. The summed E-state index contributed by atoms with van der Waals surface area (Å²) < 4.78 is 26.0. The monoisotopic (exact) mass is 298 g/mol. The van der Waals surface area contributed by atoms with Crippen LogP contribution in [0.15, 0.2) is 34.5 Å². The molecule has 2 aromatic rings. The smallest absolute Gasteiger partial charge is 0.223 e. The van der Waals surface area contributed by atoms with Gasteiger partial charge >= 0.3 is 5.13 Å². The number of nitrogens with one attached hydrogen (secondary N) is 2. The van der Waals surface area contributed by atoms with Gasteiger partial charge in [-0.1, -0.05) is 29.0 Å². The quantitative estimate of drug-likeness (QED) is 0.664. The maximum absolute atomic E-state index is 12.1. The molecule has 1 heterocycles. The first-order valence-corrected chi connectivity index (χ1v) is 8.05. The molecule has 0 atom stereocenters. The van der Waals surface area contributed by atoms with Crippen molar-refractivity contribution in [2.75, 3.05) is 5.43 Å². The lowest BCUT2D eigenvalue weighted by atomic mass is 10.2. The molecule has 0 aliphatic carbocycles. The Morgan fingerprint density at radius 3 is 2.32 bits per heavy atom. The Morgan fingerprint density at radius 1 is 1.16 bits per heavy atom. The zero-order valence-corrected chi connectivity index (χ0v) is 12.6. The van der Waals surface area contributed by atoms with Gasteiger partial charge in [0.15, 0.2) is 0 Å². The molecule has 1 aromatic carbocycles. The van der Waals surface area contributed by atoms with Crippen LogP contribution in [0, 0.1) is 13.8 Å². The largest absolute Gasteiger partial charge is 0.352 e. The van der Waals surface area contributed by atoms with Crippen molar-refractivity contribution in [3.63, 3.8) is 0 Å². The standard InChI is InChI=1S/C12H15N3O2S2/c1-9-4-6-11(7-5-9)19(16,17)14-13-12-15(3)10(2)8-18-12/h4-8,14H,1-3H3/p+1. The number of rotatable bonds is 4. The summed E-state index contributed by atoms with van der Waals surface area (Å²) in [7, 11) is -1.68. The Morgan fingerprint density at radius 2 is 1.79 bits per heavy atom. The van der Waals surface area contributed by atoms with Gasteiger partial charge in [-0.25, -0.2) is 13.0 Å². The van der Waals surface area contributed by atoms with E-state index in [0.29, 0.717) is 0 Å². The lowest BCUT2D eigenvalue weighted by Crippen LogP contribution is -2.38. The van der Waals surface area contributed by atoms with Crippen molar-refractivity contribution < 1.29 is 13.0 Å². The normalized spacial score (nSPS) is 11.5. The van der Waals surface area contributed by atoms with Gasteiger partial charge in [0, 0.05) is 5.38 Å². The number of thiazole rings is 1. The second-order valence-corrected chi connectivity index (χ2v) is 6.83. The molecule has 7 heteroatoms. The lowest BCUT2D eigenvalue weighted by Gasteiger charge is -2.04. The third-order valence-electron chi connectivity index (χ3n) is 2.80. The summed E-state index contributed by atoms with van der Waals surface area (Å²) in [5.41, 5.74) is 4.81. The van der Waals surface area contributed by atoms with Crippen molar-refractivity contribution in [1.29, 1.82) is 0 Å². The third kappa shape index (κ3) is 3.12. The second-order valence-electron chi connectivity index (χ2n) is 4.28. The number of hydrogen-bond donors (Lipinski definition) is 2. The van der Waals surface area contributed by atoms with Gasteiger partial charge in [-0.05, 0) is 30.8 Å². The van der Waals surface area contributed by atoms with Crippen LogP contribution in [-0.2, 0) is 17.1 Å². The molecule has 0 aliphatic heterocycles. The van der Waals surface area contributed by atoms with E-state index >= 15 is 0 Å². The molecule has 0 bridgehead atoms. The van der Waals surface area contributed by atoms with Crippen molar-refractivity contribution in [1.82, 2.24) is 4.83 Å². The number of hydrogen-bond acceptors (Lipinski definition) is 4. The lowest BCUT2D eigenvalue weighted by molar-refractivity contribution is -0.659. The number of aromatic nitrogens is 1. The summed E-state index contributed by atoms with van der Waals surface area (Å²) in [5.74, 6) is 0. The van der Waals surface area contributed by atoms with Crippen LogP contribution in [-0.4, -0.2) is 8.42 Å². The van der Waals surface area contributed by atoms with E-state index in [9.17, 15) is 8.42 Å². The van der Waals surface area contributed by atoms with Crippen LogP contribution in [0.3, 0.4) is 0 Å². The fourth-order valence-corrected chi connectivity index (χ4v) is 3.22. The van der Waals surface area contributed by atoms with Crippen LogP contribution in [0.25, 0.3) is 0 Å². The summed E-state index contributed by atoms with van der Waals surface area (Å²) >= 11 is 1.44. The highest BCUT2D eigenvalue weighted by Crippen LogP contribution is 2.13. The van der Waals surface area contributed by atoms with E-state index in [2.05, 4.69) is 10.3 Å². The Bertz CT molecular complexity index is 676. The van der Waals surface area contributed by atoms with Gasteiger partial charge in [0.1, 0.15) is 5.69 Å². The van der Waals surface area contributed by atoms with Crippen LogP contribution in [0.5, 0.6) is 0 Å². The van der Waals surface area contributed by atoms with Gasteiger partial charge in [0.05, 0.1) is 11.9 Å². The average Bonchev–Trinajstić information content (AvgIpc) is 2.68. The number of benzene rings is 1. The Balaban J connectivity index is 2.14.